The number of carbonyl (C=O) groups excluding carboxylic acids is 1. The number of amides is 1. The molecule has 0 spiro atoms. The highest BCUT2D eigenvalue weighted by atomic mass is 32.2. The molecule has 2 aromatic rings. The summed E-state index contributed by atoms with van der Waals surface area (Å²) in [5.41, 5.74) is 5.49. The van der Waals surface area contributed by atoms with E-state index < -0.39 is 0 Å². The third kappa shape index (κ3) is 3.69. The van der Waals surface area contributed by atoms with Crippen molar-refractivity contribution in [3.05, 3.63) is 22.4 Å². The average molecular weight is 300 g/mol. The number of nitrogens with one attached hydrogen (secondary N) is 1. The number of rotatable bonds is 5. The van der Waals surface area contributed by atoms with Crippen molar-refractivity contribution in [3.8, 4) is 0 Å². The maximum absolute atomic E-state index is 11.8. The molecule has 0 saturated heterocycles. The number of hydrogen-bond donors (Lipinski definition) is 2. The van der Waals surface area contributed by atoms with Crippen molar-refractivity contribution in [2.75, 3.05) is 5.73 Å². The fourth-order valence-corrected chi connectivity index (χ4v) is 3.65. The number of hydrogen-bond acceptors (Lipinski definition) is 7. The van der Waals surface area contributed by atoms with Gasteiger partial charge in [0.1, 0.15) is 0 Å². The SMILES string of the molecule is C[C@H](Sc1nnc(N)s1)C(=O)NCc1cccs1. The number of nitrogens with zero attached hydrogens (tertiary/aromatic N) is 2. The van der Waals surface area contributed by atoms with E-state index >= 15 is 0 Å². The molecule has 0 fully saturated rings. The fraction of sp³-hybridized carbons (Fsp3) is 0.300. The predicted molar refractivity (Wildman–Crippen MR) is 75.8 cm³/mol. The van der Waals surface area contributed by atoms with E-state index in [2.05, 4.69) is 15.5 Å². The monoisotopic (exact) mass is 300 g/mol. The first-order valence-electron chi connectivity index (χ1n) is 5.21. The molecule has 0 unspecified atom stereocenters. The summed E-state index contributed by atoms with van der Waals surface area (Å²) in [5.74, 6) is -0.0119. The van der Waals surface area contributed by atoms with E-state index in [1.54, 1.807) is 11.3 Å². The van der Waals surface area contributed by atoms with E-state index in [0.717, 1.165) is 4.88 Å². The summed E-state index contributed by atoms with van der Waals surface area (Å²) in [6.45, 7) is 2.41. The van der Waals surface area contributed by atoms with Crippen LogP contribution in [0.5, 0.6) is 0 Å². The molecule has 0 aliphatic rings. The topological polar surface area (TPSA) is 80.9 Å². The third-order valence-corrected chi connectivity index (χ3v) is 4.90. The van der Waals surface area contributed by atoms with Crippen LogP contribution in [0, 0.1) is 0 Å². The van der Waals surface area contributed by atoms with Crippen LogP contribution < -0.4 is 11.1 Å². The maximum atomic E-state index is 11.8. The van der Waals surface area contributed by atoms with Gasteiger partial charge in [-0.05, 0) is 18.4 Å². The van der Waals surface area contributed by atoms with E-state index in [9.17, 15) is 4.79 Å². The smallest absolute Gasteiger partial charge is 0.233 e. The fourth-order valence-electron chi connectivity index (χ4n) is 1.20. The van der Waals surface area contributed by atoms with Crippen molar-refractivity contribution >= 4 is 45.5 Å². The molecule has 8 heteroatoms. The first kappa shape index (κ1) is 13.3. The van der Waals surface area contributed by atoms with E-state index in [1.165, 1.54) is 23.1 Å². The zero-order chi connectivity index (χ0) is 13.0. The number of anilines is 1. The predicted octanol–water partition coefficient (Wildman–Crippen LogP) is 1.98. The lowest BCUT2D eigenvalue weighted by molar-refractivity contribution is -0.120. The third-order valence-electron chi connectivity index (χ3n) is 2.09. The normalized spacial score (nSPS) is 12.3. The molecule has 1 amide bonds. The molecule has 0 aliphatic heterocycles. The van der Waals surface area contributed by atoms with Gasteiger partial charge in [0.15, 0.2) is 4.34 Å². The van der Waals surface area contributed by atoms with E-state index in [1.807, 2.05) is 24.4 Å². The van der Waals surface area contributed by atoms with Crippen molar-refractivity contribution < 1.29 is 4.79 Å². The Bertz CT molecular complexity index is 511. The molecule has 2 aromatic heterocycles. The van der Waals surface area contributed by atoms with Crippen molar-refractivity contribution in [1.82, 2.24) is 15.5 Å². The van der Waals surface area contributed by atoms with Crippen molar-refractivity contribution in [2.24, 2.45) is 0 Å². The Labute approximate surface area is 117 Å². The average Bonchev–Trinajstić information content (AvgIpc) is 2.97. The van der Waals surface area contributed by atoms with Crippen molar-refractivity contribution in [1.29, 1.82) is 0 Å². The molecular formula is C10H12N4OS3. The zero-order valence-corrected chi connectivity index (χ0v) is 12.1. The minimum absolute atomic E-state index is 0.0119. The number of aromatic nitrogens is 2. The summed E-state index contributed by atoms with van der Waals surface area (Å²) in [5, 5.41) is 12.7. The van der Waals surface area contributed by atoms with E-state index in [0.29, 0.717) is 16.0 Å². The van der Waals surface area contributed by atoms with Gasteiger partial charge in [0.2, 0.25) is 11.0 Å². The second kappa shape index (κ2) is 6.17. The lowest BCUT2D eigenvalue weighted by Gasteiger charge is -2.09. The summed E-state index contributed by atoms with van der Waals surface area (Å²) in [6, 6.07) is 3.96. The Kier molecular flexibility index (Phi) is 4.56. The molecule has 3 N–H and O–H groups in total. The van der Waals surface area contributed by atoms with Gasteiger partial charge in [-0.15, -0.1) is 21.5 Å². The van der Waals surface area contributed by atoms with Crippen LogP contribution in [0.25, 0.3) is 0 Å². The van der Waals surface area contributed by atoms with Crippen LogP contribution in [-0.2, 0) is 11.3 Å². The van der Waals surface area contributed by atoms with Gasteiger partial charge in [-0.2, -0.15) is 0 Å². The molecule has 0 aliphatic carbocycles. The van der Waals surface area contributed by atoms with Gasteiger partial charge in [0.25, 0.3) is 0 Å². The van der Waals surface area contributed by atoms with Gasteiger partial charge in [-0.25, -0.2) is 0 Å². The zero-order valence-electron chi connectivity index (χ0n) is 9.62. The minimum Gasteiger partial charge on any atom is -0.374 e. The number of thiophene rings is 1. The van der Waals surface area contributed by atoms with Gasteiger partial charge in [-0.3, -0.25) is 4.79 Å². The van der Waals surface area contributed by atoms with Crippen LogP contribution in [-0.4, -0.2) is 21.4 Å². The van der Waals surface area contributed by atoms with Gasteiger partial charge >= 0.3 is 0 Å². The highest BCUT2D eigenvalue weighted by molar-refractivity contribution is 8.02. The highest BCUT2D eigenvalue weighted by Gasteiger charge is 2.16. The lowest BCUT2D eigenvalue weighted by Crippen LogP contribution is -2.30. The van der Waals surface area contributed by atoms with Gasteiger partial charge in [-0.1, -0.05) is 29.2 Å². The number of thioether (sulfide) groups is 1. The van der Waals surface area contributed by atoms with Gasteiger partial charge in [0, 0.05) is 4.88 Å². The second-order valence-corrected chi connectivity index (χ2v) is 7.09. The molecule has 5 nitrogen and oxygen atoms in total. The van der Waals surface area contributed by atoms with Gasteiger partial charge < -0.3 is 11.1 Å². The molecule has 18 heavy (non-hydrogen) atoms. The summed E-state index contributed by atoms with van der Waals surface area (Å²) < 4.78 is 0.714. The van der Waals surface area contributed by atoms with E-state index in [4.69, 9.17) is 5.73 Å². The standard InChI is InChI=1S/C10H12N4OS3/c1-6(17-10-14-13-9(11)18-10)8(15)12-5-7-3-2-4-16-7/h2-4,6H,5H2,1H3,(H2,11,13)(H,12,15)/t6-/m0/s1. The summed E-state index contributed by atoms with van der Waals surface area (Å²) in [6.07, 6.45) is 0. The summed E-state index contributed by atoms with van der Waals surface area (Å²) >= 11 is 4.28. The number of nitrogens with two attached hydrogens (primary N) is 1. The molecule has 1 atom stereocenters. The van der Waals surface area contributed by atoms with Crippen LogP contribution in [0.1, 0.15) is 11.8 Å². The van der Waals surface area contributed by atoms with Gasteiger partial charge in [0.05, 0.1) is 11.8 Å². The van der Waals surface area contributed by atoms with Crippen LogP contribution >= 0.6 is 34.4 Å². The Morgan fingerprint density at radius 2 is 2.44 bits per heavy atom. The van der Waals surface area contributed by atoms with E-state index in [-0.39, 0.29) is 11.2 Å². The summed E-state index contributed by atoms with van der Waals surface area (Å²) in [4.78, 5) is 13.0. The second-order valence-electron chi connectivity index (χ2n) is 3.46. The Balaban J connectivity index is 1.81. The molecule has 2 rings (SSSR count). The highest BCUT2D eigenvalue weighted by Crippen LogP contribution is 2.27. The first-order chi connectivity index (χ1) is 8.65. The Morgan fingerprint density at radius 3 is 3.06 bits per heavy atom. The number of carbonyl (C=O) groups is 1. The first-order valence-corrected chi connectivity index (χ1v) is 7.78. The summed E-state index contributed by atoms with van der Waals surface area (Å²) in [7, 11) is 0. The van der Waals surface area contributed by atoms with Crippen LogP contribution in [0.3, 0.4) is 0 Å². The number of nitrogen functional groups attached to an aromatic ring is 1. The Morgan fingerprint density at radius 1 is 1.61 bits per heavy atom. The molecule has 0 bridgehead atoms. The molecule has 96 valence electrons. The lowest BCUT2D eigenvalue weighted by atomic mass is 10.4. The largest absolute Gasteiger partial charge is 0.374 e. The maximum Gasteiger partial charge on any atom is 0.233 e. The molecule has 0 saturated carbocycles. The van der Waals surface area contributed by atoms with Crippen LogP contribution in [0.15, 0.2) is 21.9 Å². The van der Waals surface area contributed by atoms with Crippen molar-refractivity contribution in [2.45, 2.75) is 23.1 Å². The quantitative estimate of drug-likeness (QED) is 0.825. The van der Waals surface area contributed by atoms with Crippen molar-refractivity contribution in [3.63, 3.8) is 0 Å². The van der Waals surface area contributed by atoms with Crippen LogP contribution in [0.2, 0.25) is 0 Å². The molecule has 2 heterocycles. The minimum atomic E-state index is -0.211. The molecular weight excluding hydrogens is 288 g/mol. The van der Waals surface area contributed by atoms with Crippen LogP contribution in [0.4, 0.5) is 5.13 Å². The Hall–Kier alpha value is -1.12. The molecule has 0 radical (unpaired) electrons. The molecule has 0 aromatic carbocycles.